The number of rotatable bonds is 4. The SMILES string of the molecule is C[C@@H](Nc1ncc(-c2ccc3[nH]c(=O)[nH]c3c2)cn1)c1ccccc1. The molecule has 1 atom stereocenters. The van der Waals surface area contributed by atoms with Crippen molar-refractivity contribution >= 4 is 17.0 Å². The second-order valence-corrected chi connectivity index (χ2v) is 5.91. The van der Waals surface area contributed by atoms with Crippen LogP contribution in [0.15, 0.2) is 65.7 Å². The number of H-pyrrole nitrogens is 2. The molecule has 6 nitrogen and oxygen atoms in total. The van der Waals surface area contributed by atoms with Crippen LogP contribution < -0.4 is 11.0 Å². The lowest BCUT2D eigenvalue weighted by atomic mass is 10.1. The second-order valence-electron chi connectivity index (χ2n) is 5.91. The Morgan fingerprint density at radius 1 is 0.920 bits per heavy atom. The lowest BCUT2D eigenvalue weighted by Gasteiger charge is -2.14. The van der Waals surface area contributed by atoms with Gasteiger partial charge in [-0.05, 0) is 30.2 Å². The molecule has 0 aliphatic carbocycles. The minimum absolute atomic E-state index is 0.119. The number of aromatic amines is 2. The molecule has 0 saturated carbocycles. The van der Waals surface area contributed by atoms with Crippen LogP contribution in [0.1, 0.15) is 18.5 Å². The predicted molar refractivity (Wildman–Crippen MR) is 98.4 cm³/mol. The molecule has 0 fully saturated rings. The Morgan fingerprint density at radius 3 is 2.40 bits per heavy atom. The maximum absolute atomic E-state index is 11.4. The monoisotopic (exact) mass is 331 g/mol. The van der Waals surface area contributed by atoms with Crippen LogP contribution in [-0.4, -0.2) is 19.9 Å². The smallest absolute Gasteiger partial charge is 0.323 e. The topological polar surface area (TPSA) is 86.5 Å². The van der Waals surface area contributed by atoms with Gasteiger partial charge in [0.15, 0.2) is 0 Å². The van der Waals surface area contributed by atoms with E-state index in [0.717, 1.165) is 22.2 Å². The molecule has 3 N–H and O–H groups in total. The largest absolute Gasteiger partial charge is 0.348 e. The molecule has 0 aliphatic heterocycles. The highest BCUT2D eigenvalue weighted by atomic mass is 16.1. The molecule has 6 heteroatoms. The Labute approximate surface area is 144 Å². The third-order valence-corrected chi connectivity index (χ3v) is 4.15. The highest BCUT2D eigenvalue weighted by molar-refractivity contribution is 5.81. The van der Waals surface area contributed by atoms with Crippen LogP contribution >= 0.6 is 0 Å². The normalized spacial score (nSPS) is 12.2. The second kappa shape index (κ2) is 6.24. The number of hydrogen-bond donors (Lipinski definition) is 3. The van der Waals surface area contributed by atoms with Gasteiger partial charge in [-0.2, -0.15) is 0 Å². The van der Waals surface area contributed by atoms with E-state index >= 15 is 0 Å². The molecule has 2 aromatic heterocycles. The lowest BCUT2D eigenvalue weighted by molar-refractivity contribution is 0.861. The summed E-state index contributed by atoms with van der Waals surface area (Å²) in [6.07, 6.45) is 3.55. The number of benzene rings is 2. The number of anilines is 1. The summed E-state index contributed by atoms with van der Waals surface area (Å²) in [5.74, 6) is 0.580. The number of hydrogen-bond acceptors (Lipinski definition) is 4. The Morgan fingerprint density at radius 2 is 1.64 bits per heavy atom. The van der Waals surface area contributed by atoms with Crippen LogP contribution in [0.4, 0.5) is 5.95 Å². The van der Waals surface area contributed by atoms with Gasteiger partial charge in [0.05, 0.1) is 17.1 Å². The average molecular weight is 331 g/mol. The van der Waals surface area contributed by atoms with Crippen molar-refractivity contribution in [1.29, 1.82) is 0 Å². The lowest BCUT2D eigenvalue weighted by Crippen LogP contribution is -2.09. The predicted octanol–water partition coefficient (Wildman–Crippen LogP) is 3.49. The number of aromatic nitrogens is 4. The first-order chi connectivity index (χ1) is 12.2. The Balaban J connectivity index is 1.55. The van der Waals surface area contributed by atoms with Crippen molar-refractivity contribution in [2.45, 2.75) is 13.0 Å². The molecule has 25 heavy (non-hydrogen) atoms. The summed E-state index contributed by atoms with van der Waals surface area (Å²) < 4.78 is 0. The van der Waals surface area contributed by atoms with Crippen LogP contribution in [0.3, 0.4) is 0 Å². The highest BCUT2D eigenvalue weighted by Gasteiger charge is 2.07. The van der Waals surface area contributed by atoms with E-state index in [1.54, 1.807) is 12.4 Å². The van der Waals surface area contributed by atoms with Gasteiger partial charge in [-0.25, -0.2) is 14.8 Å². The minimum Gasteiger partial charge on any atom is -0.348 e. The summed E-state index contributed by atoms with van der Waals surface area (Å²) in [5.41, 5.74) is 4.36. The van der Waals surface area contributed by atoms with Crippen molar-refractivity contribution in [2.75, 3.05) is 5.32 Å². The van der Waals surface area contributed by atoms with Crippen LogP contribution in [0.2, 0.25) is 0 Å². The minimum atomic E-state index is -0.210. The molecule has 0 amide bonds. The highest BCUT2D eigenvalue weighted by Crippen LogP contribution is 2.22. The van der Waals surface area contributed by atoms with Crippen molar-refractivity contribution in [2.24, 2.45) is 0 Å². The van der Waals surface area contributed by atoms with Crippen molar-refractivity contribution in [3.05, 3.63) is 77.0 Å². The number of nitrogens with one attached hydrogen (secondary N) is 3. The summed E-state index contributed by atoms with van der Waals surface area (Å²) in [5, 5.41) is 3.30. The van der Waals surface area contributed by atoms with E-state index in [4.69, 9.17) is 0 Å². The van der Waals surface area contributed by atoms with Crippen LogP contribution in [0, 0.1) is 0 Å². The first-order valence-electron chi connectivity index (χ1n) is 8.05. The molecular weight excluding hydrogens is 314 g/mol. The first-order valence-corrected chi connectivity index (χ1v) is 8.05. The van der Waals surface area contributed by atoms with Crippen molar-refractivity contribution in [3.63, 3.8) is 0 Å². The van der Waals surface area contributed by atoms with Gasteiger partial charge in [0.1, 0.15) is 0 Å². The Hall–Kier alpha value is -3.41. The number of fused-ring (bicyclic) bond motifs is 1. The summed E-state index contributed by atoms with van der Waals surface area (Å²) in [6.45, 7) is 2.07. The van der Waals surface area contributed by atoms with E-state index in [2.05, 4.69) is 44.3 Å². The average Bonchev–Trinajstić information content (AvgIpc) is 3.02. The summed E-state index contributed by atoms with van der Waals surface area (Å²) in [7, 11) is 0. The quantitative estimate of drug-likeness (QED) is 0.534. The van der Waals surface area contributed by atoms with Gasteiger partial charge in [-0.1, -0.05) is 36.4 Å². The Bertz CT molecular complexity index is 1050. The third-order valence-electron chi connectivity index (χ3n) is 4.15. The van der Waals surface area contributed by atoms with Gasteiger partial charge in [-0.3, -0.25) is 0 Å². The molecule has 124 valence electrons. The fraction of sp³-hybridized carbons (Fsp3) is 0.105. The van der Waals surface area contributed by atoms with Gasteiger partial charge in [-0.15, -0.1) is 0 Å². The van der Waals surface area contributed by atoms with E-state index < -0.39 is 0 Å². The fourth-order valence-corrected chi connectivity index (χ4v) is 2.78. The van der Waals surface area contributed by atoms with Crippen molar-refractivity contribution in [1.82, 2.24) is 19.9 Å². The van der Waals surface area contributed by atoms with Gasteiger partial charge in [0.25, 0.3) is 0 Å². The molecule has 0 radical (unpaired) electrons. The molecule has 0 aliphatic rings. The van der Waals surface area contributed by atoms with E-state index in [1.807, 2.05) is 36.4 Å². The van der Waals surface area contributed by atoms with Crippen molar-refractivity contribution in [3.8, 4) is 11.1 Å². The van der Waals surface area contributed by atoms with Crippen molar-refractivity contribution < 1.29 is 0 Å². The molecule has 4 aromatic rings. The number of nitrogens with zero attached hydrogens (tertiary/aromatic N) is 2. The zero-order valence-electron chi connectivity index (χ0n) is 13.7. The number of imidazole rings is 1. The van der Waals surface area contributed by atoms with Gasteiger partial charge in [0, 0.05) is 18.0 Å². The molecule has 0 bridgehead atoms. The molecular formula is C19H17N5O. The van der Waals surface area contributed by atoms with E-state index in [-0.39, 0.29) is 11.7 Å². The van der Waals surface area contributed by atoms with E-state index in [9.17, 15) is 4.79 Å². The summed E-state index contributed by atoms with van der Waals surface area (Å²) in [4.78, 5) is 25.7. The molecule has 2 aromatic carbocycles. The molecule has 2 heterocycles. The van der Waals surface area contributed by atoms with Crippen LogP contribution in [0.25, 0.3) is 22.2 Å². The maximum atomic E-state index is 11.4. The van der Waals surface area contributed by atoms with Gasteiger partial charge in [0.2, 0.25) is 5.95 Å². The standard InChI is InChI=1S/C19H17N5O/c1-12(13-5-3-2-4-6-13)22-18-20-10-15(11-21-18)14-7-8-16-17(9-14)24-19(25)23-16/h2-12H,1H3,(H,20,21,22)(H2,23,24,25)/t12-/m1/s1. The van der Waals surface area contributed by atoms with E-state index in [0.29, 0.717) is 5.95 Å². The summed E-state index contributed by atoms with van der Waals surface area (Å²) in [6, 6.07) is 16.0. The molecule has 4 rings (SSSR count). The third kappa shape index (κ3) is 3.14. The summed E-state index contributed by atoms with van der Waals surface area (Å²) >= 11 is 0. The Kier molecular flexibility index (Phi) is 3.78. The van der Waals surface area contributed by atoms with Crippen LogP contribution in [0.5, 0.6) is 0 Å². The molecule has 0 unspecified atom stereocenters. The fourth-order valence-electron chi connectivity index (χ4n) is 2.78. The molecule has 0 saturated heterocycles. The first kappa shape index (κ1) is 15.1. The maximum Gasteiger partial charge on any atom is 0.323 e. The zero-order valence-corrected chi connectivity index (χ0v) is 13.7. The van der Waals surface area contributed by atoms with Gasteiger partial charge >= 0.3 is 5.69 Å². The van der Waals surface area contributed by atoms with Gasteiger partial charge < -0.3 is 15.3 Å². The molecule has 0 spiro atoms. The van der Waals surface area contributed by atoms with Crippen LogP contribution in [-0.2, 0) is 0 Å². The zero-order chi connectivity index (χ0) is 17.2. The van der Waals surface area contributed by atoms with E-state index in [1.165, 1.54) is 5.56 Å².